The predicted octanol–water partition coefficient (Wildman–Crippen LogP) is 3.11. The third kappa shape index (κ3) is 7.54. The first-order chi connectivity index (χ1) is 12.0. The Balaban J connectivity index is 0.000000271. The van der Waals surface area contributed by atoms with Crippen molar-refractivity contribution in [3.8, 4) is 0 Å². The predicted molar refractivity (Wildman–Crippen MR) is 92.6 cm³/mol. The molecular weight excluding hydrogens is 324 g/mol. The Kier molecular flexibility index (Phi) is 9.58. The van der Waals surface area contributed by atoms with Gasteiger partial charge >= 0.3 is 5.97 Å². The molecule has 0 radical (unpaired) electrons. The molecule has 0 heterocycles. The number of hydrogen-bond donors (Lipinski definition) is 0. The van der Waals surface area contributed by atoms with Gasteiger partial charge in [0.2, 0.25) is 0 Å². The molecule has 0 saturated carbocycles. The Morgan fingerprint density at radius 2 is 1.60 bits per heavy atom. The molecule has 0 aromatic heterocycles. The van der Waals surface area contributed by atoms with E-state index in [4.69, 9.17) is 14.2 Å². The summed E-state index contributed by atoms with van der Waals surface area (Å²) in [7, 11) is 0. The number of carbonyl (C=O) groups excluding carboxylic acids is 3. The highest BCUT2D eigenvalue weighted by atomic mass is 16.5. The molecule has 0 amide bonds. The number of esters is 1. The van der Waals surface area contributed by atoms with Crippen LogP contribution in [0.1, 0.15) is 52.9 Å². The van der Waals surface area contributed by atoms with Gasteiger partial charge in [-0.1, -0.05) is 0 Å². The molecule has 0 spiro atoms. The smallest absolute Gasteiger partial charge is 0.316 e. The summed E-state index contributed by atoms with van der Waals surface area (Å²) in [5, 5.41) is 0. The quantitative estimate of drug-likeness (QED) is 0.540. The van der Waals surface area contributed by atoms with Crippen molar-refractivity contribution in [2.75, 3.05) is 19.8 Å². The first-order valence-electron chi connectivity index (χ1n) is 8.91. The van der Waals surface area contributed by atoms with Crippen molar-refractivity contribution < 1.29 is 28.6 Å². The van der Waals surface area contributed by atoms with Gasteiger partial charge in [0, 0.05) is 31.4 Å². The number of carbonyl (C=O) groups is 3. The van der Waals surface area contributed by atoms with Crippen LogP contribution in [0, 0.1) is 5.92 Å². The lowest BCUT2D eigenvalue weighted by Crippen LogP contribution is -2.28. The third-order valence-electron chi connectivity index (χ3n) is 3.73. The van der Waals surface area contributed by atoms with E-state index >= 15 is 0 Å². The summed E-state index contributed by atoms with van der Waals surface area (Å²) < 4.78 is 15.2. The molecule has 25 heavy (non-hydrogen) atoms. The maximum atomic E-state index is 11.5. The minimum atomic E-state index is -0.630. The standard InChI is InChI=1S/C11H16O4.C8H12O2/c1-3-14-8-5-6-9(10(12)7-8)11(13)15-4-2;1-2-10-8-5-3-4-7(9)6-8/h7,9H,3-6H2,1-2H3;6H,2-5H2,1H3. The van der Waals surface area contributed by atoms with Crippen molar-refractivity contribution in [3.63, 3.8) is 0 Å². The SMILES string of the molecule is CCOC(=O)C1CCC(OCC)=CC1=O.CCOC1=CC(=O)CCC1. The molecule has 2 aliphatic rings. The van der Waals surface area contributed by atoms with Crippen LogP contribution in [0.3, 0.4) is 0 Å². The first-order valence-corrected chi connectivity index (χ1v) is 8.91. The summed E-state index contributed by atoms with van der Waals surface area (Å²) in [5.74, 6) is 0.475. The second-order valence-electron chi connectivity index (χ2n) is 5.65. The normalized spacial score (nSPS) is 19.9. The highest BCUT2D eigenvalue weighted by molar-refractivity contribution is 6.05. The Morgan fingerprint density at radius 3 is 2.12 bits per heavy atom. The van der Waals surface area contributed by atoms with Gasteiger partial charge in [0.15, 0.2) is 11.6 Å². The van der Waals surface area contributed by atoms with Gasteiger partial charge in [-0.3, -0.25) is 14.4 Å². The maximum absolute atomic E-state index is 11.5. The van der Waals surface area contributed by atoms with Crippen LogP contribution in [-0.4, -0.2) is 37.4 Å². The van der Waals surface area contributed by atoms with E-state index in [1.54, 1.807) is 13.0 Å². The topological polar surface area (TPSA) is 78.9 Å². The minimum Gasteiger partial charge on any atom is -0.498 e. The van der Waals surface area contributed by atoms with E-state index in [-0.39, 0.29) is 11.6 Å². The molecule has 2 aliphatic carbocycles. The largest absolute Gasteiger partial charge is 0.498 e. The average Bonchev–Trinajstić information content (AvgIpc) is 2.56. The summed E-state index contributed by atoms with van der Waals surface area (Å²) in [5.41, 5.74) is 0. The fourth-order valence-electron chi connectivity index (χ4n) is 2.60. The molecule has 0 bridgehead atoms. The number of hydrogen-bond acceptors (Lipinski definition) is 6. The first kappa shape index (κ1) is 20.9. The van der Waals surface area contributed by atoms with E-state index in [0.717, 1.165) is 18.6 Å². The molecule has 1 atom stereocenters. The lowest BCUT2D eigenvalue weighted by Gasteiger charge is -2.19. The van der Waals surface area contributed by atoms with Crippen molar-refractivity contribution in [1.82, 2.24) is 0 Å². The van der Waals surface area contributed by atoms with Gasteiger partial charge in [-0.15, -0.1) is 0 Å². The number of rotatable bonds is 6. The van der Waals surface area contributed by atoms with E-state index in [2.05, 4.69) is 0 Å². The Labute approximate surface area is 149 Å². The third-order valence-corrected chi connectivity index (χ3v) is 3.73. The molecule has 6 heteroatoms. The highest BCUT2D eigenvalue weighted by Crippen LogP contribution is 2.22. The van der Waals surface area contributed by atoms with Crippen molar-refractivity contribution >= 4 is 17.5 Å². The average molecular weight is 352 g/mol. The summed E-state index contributed by atoms with van der Waals surface area (Å²) in [6.07, 6.45) is 6.72. The van der Waals surface area contributed by atoms with Gasteiger partial charge in [0.05, 0.1) is 31.3 Å². The molecule has 0 fully saturated rings. The van der Waals surface area contributed by atoms with Gasteiger partial charge in [0.1, 0.15) is 5.92 Å². The van der Waals surface area contributed by atoms with E-state index in [1.807, 2.05) is 13.8 Å². The lowest BCUT2D eigenvalue weighted by molar-refractivity contribution is -0.151. The van der Waals surface area contributed by atoms with Crippen LogP contribution in [0.15, 0.2) is 23.7 Å². The van der Waals surface area contributed by atoms with Crippen LogP contribution in [-0.2, 0) is 28.6 Å². The van der Waals surface area contributed by atoms with Crippen LogP contribution in [0.4, 0.5) is 0 Å². The minimum absolute atomic E-state index is 0.203. The molecule has 6 nitrogen and oxygen atoms in total. The number of ketones is 2. The van der Waals surface area contributed by atoms with Crippen LogP contribution in [0.25, 0.3) is 0 Å². The van der Waals surface area contributed by atoms with Gasteiger partial charge in [-0.25, -0.2) is 0 Å². The van der Waals surface area contributed by atoms with Crippen molar-refractivity contribution in [1.29, 1.82) is 0 Å². The second kappa shape index (κ2) is 11.4. The summed E-state index contributed by atoms with van der Waals surface area (Å²) in [6, 6.07) is 0. The molecule has 140 valence electrons. The zero-order valence-corrected chi connectivity index (χ0v) is 15.3. The van der Waals surface area contributed by atoms with E-state index in [1.165, 1.54) is 6.08 Å². The summed E-state index contributed by atoms with van der Waals surface area (Å²) in [4.78, 5) is 33.7. The summed E-state index contributed by atoms with van der Waals surface area (Å²) in [6.45, 7) is 7.04. The molecule has 0 aromatic rings. The van der Waals surface area contributed by atoms with Crippen molar-refractivity contribution in [2.45, 2.75) is 52.9 Å². The molecular formula is C19H28O6. The fourth-order valence-corrected chi connectivity index (χ4v) is 2.60. The molecule has 0 aromatic carbocycles. The van der Waals surface area contributed by atoms with Crippen molar-refractivity contribution in [3.05, 3.63) is 23.7 Å². The van der Waals surface area contributed by atoms with Crippen molar-refractivity contribution in [2.24, 2.45) is 5.92 Å². The number of allylic oxidation sites excluding steroid dienone is 4. The monoisotopic (exact) mass is 352 g/mol. The zero-order valence-electron chi connectivity index (χ0n) is 15.3. The van der Waals surface area contributed by atoms with E-state index in [9.17, 15) is 14.4 Å². The Morgan fingerprint density at radius 1 is 0.960 bits per heavy atom. The highest BCUT2D eigenvalue weighted by Gasteiger charge is 2.30. The number of ether oxygens (including phenoxy) is 3. The second-order valence-corrected chi connectivity index (χ2v) is 5.65. The molecule has 1 unspecified atom stereocenters. The van der Waals surface area contributed by atoms with Crippen LogP contribution in [0.2, 0.25) is 0 Å². The van der Waals surface area contributed by atoms with E-state index < -0.39 is 11.9 Å². The van der Waals surface area contributed by atoms with Gasteiger partial charge in [-0.2, -0.15) is 0 Å². The molecule has 0 saturated heterocycles. The fraction of sp³-hybridized carbons (Fsp3) is 0.632. The Hall–Kier alpha value is -2.11. The van der Waals surface area contributed by atoms with Crippen LogP contribution < -0.4 is 0 Å². The molecule has 0 aliphatic heterocycles. The molecule has 2 rings (SSSR count). The van der Waals surface area contributed by atoms with Gasteiger partial charge in [0.25, 0.3) is 0 Å². The maximum Gasteiger partial charge on any atom is 0.316 e. The van der Waals surface area contributed by atoms with Crippen LogP contribution >= 0.6 is 0 Å². The summed E-state index contributed by atoms with van der Waals surface area (Å²) >= 11 is 0. The Bertz CT molecular complexity index is 532. The van der Waals surface area contributed by atoms with Gasteiger partial charge in [-0.05, 0) is 33.6 Å². The van der Waals surface area contributed by atoms with Crippen LogP contribution in [0.5, 0.6) is 0 Å². The van der Waals surface area contributed by atoms with Gasteiger partial charge < -0.3 is 14.2 Å². The van der Waals surface area contributed by atoms with E-state index in [0.29, 0.717) is 44.8 Å². The lowest BCUT2D eigenvalue weighted by atomic mass is 9.92. The zero-order chi connectivity index (χ0) is 18.7. The molecule has 0 N–H and O–H groups in total.